The predicted molar refractivity (Wildman–Crippen MR) is 148 cm³/mol. The van der Waals surface area contributed by atoms with Gasteiger partial charge in [0, 0.05) is 18.3 Å². The number of hydrogen-bond donors (Lipinski definition) is 1. The number of anilines is 1. The highest BCUT2D eigenvalue weighted by Crippen LogP contribution is 2.47. The maximum atomic E-state index is 16.2. The molecule has 4 heterocycles. The van der Waals surface area contributed by atoms with Crippen LogP contribution in [0.3, 0.4) is 0 Å². The molecular formula is C28H28ClFN6O2S. The van der Waals surface area contributed by atoms with Gasteiger partial charge in [0.25, 0.3) is 0 Å². The van der Waals surface area contributed by atoms with Crippen LogP contribution in [0, 0.1) is 23.6 Å². The van der Waals surface area contributed by atoms with Crippen molar-refractivity contribution in [1.82, 2.24) is 24.5 Å². The summed E-state index contributed by atoms with van der Waals surface area (Å²) >= 11 is 7.66. The van der Waals surface area contributed by atoms with Crippen LogP contribution in [0.15, 0.2) is 29.9 Å². The summed E-state index contributed by atoms with van der Waals surface area (Å²) < 4.78 is 23.7. The van der Waals surface area contributed by atoms with Crippen molar-refractivity contribution < 1.29 is 13.9 Å². The van der Waals surface area contributed by atoms with Gasteiger partial charge in [-0.2, -0.15) is 0 Å². The predicted octanol–water partition coefficient (Wildman–Crippen LogP) is 6.52. The fourth-order valence-corrected chi connectivity index (χ4v) is 7.26. The molecule has 4 fully saturated rings. The summed E-state index contributed by atoms with van der Waals surface area (Å²) in [5, 5.41) is 5.56. The number of carbonyl (C=O) groups excluding carboxylic acids is 1. The van der Waals surface area contributed by atoms with Gasteiger partial charge < -0.3 is 14.6 Å². The van der Waals surface area contributed by atoms with E-state index in [4.69, 9.17) is 26.3 Å². The van der Waals surface area contributed by atoms with Crippen LogP contribution in [0.2, 0.25) is 5.15 Å². The highest BCUT2D eigenvalue weighted by Gasteiger charge is 2.48. The molecule has 202 valence electrons. The van der Waals surface area contributed by atoms with Crippen molar-refractivity contribution in [3.8, 4) is 22.0 Å². The maximum absolute atomic E-state index is 16.2. The molecule has 1 N–H and O–H groups in total. The molecular weight excluding hydrogens is 539 g/mol. The van der Waals surface area contributed by atoms with Crippen molar-refractivity contribution in [2.24, 2.45) is 17.8 Å². The zero-order chi connectivity index (χ0) is 26.7. The number of esters is 1. The molecule has 8 nitrogen and oxygen atoms in total. The van der Waals surface area contributed by atoms with Crippen LogP contribution >= 0.6 is 22.9 Å². The summed E-state index contributed by atoms with van der Waals surface area (Å²) in [5.74, 6) is -0.165. The molecule has 4 aliphatic rings. The molecule has 4 aromatic rings. The van der Waals surface area contributed by atoms with Crippen LogP contribution in [0.1, 0.15) is 51.5 Å². The summed E-state index contributed by atoms with van der Waals surface area (Å²) in [6.45, 7) is 2.14. The largest absolute Gasteiger partial charge is 0.466 e. The lowest BCUT2D eigenvalue weighted by Crippen LogP contribution is -2.52. The molecule has 11 heteroatoms. The van der Waals surface area contributed by atoms with Crippen LogP contribution < -0.4 is 5.32 Å². The van der Waals surface area contributed by atoms with E-state index in [-0.39, 0.29) is 46.4 Å². The van der Waals surface area contributed by atoms with Crippen molar-refractivity contribution >= 4 is 45.9 Å². The minimum atomic E-state index is -0.527. The summed E-state index contributed by atoms with van der Waals surface area (Å²) in [6, 6.07) is 3.80. The Morgan fingerprint density at radius 2 is 1.97 bits per heavy atom. The number of rotatable bonds is 7. The second-order valence-corrected chi connectivity index (χ2v) is 12.0. The standard InChI is InChI=1S/C28H28ClFN6O2S/c1-2-38-28(37)20-14-5-7-15(8-6-14)22(20)33-26-21(30)24(18-4-3-11-39-18)34-25(35-26)17-13-36(16-9-10-16)27-23(17)32-19(29)12-31-27/h3-4,11-16,20,22H,2,5-10H2,1H3,(H,33,34,35)/t14?,15?,20-,22-/m0/s1. The zero-order valence-electron chi connectivity index (χ0n) is 21.4. The lowest BCUT2D eigenvalue weighted by atomic mass is 9.61. The molecule has 0 saturated heterocycles. The molecule has 8 rings (SSSR count). The molecule has 2 bridgehead atoms. The van der Waals surface area contributed by atoms with E-state index in [0.29, 0.717) is 40.1 Å². The minimum absolute atomic E-state index is 0.0950. The molecule has 0 radical (unpaired) electrons. The number of halogens is 2. The van der Waals surface area contributed by atoms with Gasteiger partial charge in [0.1, 0.15) is 16.4 Å². The van der Waals surface area contributed by atoms with E-state index in [1.165, 1.54) is 17.5 Å². The quantitative estimate of drug-likeness (QED) is 0.254. The van der Waals surface area contributed by atoms with Crippen LogP contribution in [0.5, 0.6) is 0 Å². The Kier molecular flexibility index (Phi) is 6.27. The Hall–Kier alpha value is -3.11. The fourth-order valence-electron chi connectivity index (χ4n) is 6.42. The first-order valence-corrected chi connectivity index (χ1v) is 14.9. The van der Waals surface area contributed by atoms with Gasteiger partial charge in [0.05, 0.1) is 29.2 Å². The molecule has 2 atom stereocenters. The van der Waals surface area contributed by atoms with Crippen LogP contribution in [0.25, 0.3) is 33.1 Å². The molecule has 4 aliphatic carbocycles. The summed E-state index contributed by atoms with van der Waals surface area (Å²) in [7, 11) is 0. The number of nitrogens with zero attached hydrogens (tertiary/aromatic N) is 5. The van der Waals surface area contributed by atoms with E-state index < -0.39 is 5.82 Å². The van der Waals surface area contributed by atoms with Crippen molar-refractivity contribution in [3.05, 3.63) is 40.9 Å². The second kappa shape index (κ2) is 9.82. The molecule has 4 aromatic heterocycles. The van der Waals surface area contributed by atoms with Gasteiger partial charge in [0.2, 0.25) is 0 Å². The lowest BCUT2D eigenvalue weighted by Gasteiger charge is -2.47. The Bertz CT molecular complexity index is 1550. The topological polar surface area (TPSA) is 94.8 Å². The van der Waals surface area contributed by atoms with Gasteiger partial charge in [0.15, 0.2) is 23.1 Å². The molecule has 0 aromatic carbocycles. The number of ether oxygens (including phenoxy) is 1. The third kappa shape index (κ3) is 4.37. The lowest BCUT2D eigenvalue weighted by molar-refractivity contribution is -0.154. The zero-order valence-corrected chi connectivity index (χ0v) is 23.0. The monoisotopic (exact) mass is 566 g/mol. The van der Waals surface area contributed by atoms with Gasteiger partial charge >= 0.3 is 5.97 Å². The van der Waals surface area contributed by atoms with Gasteiger partial charge in [-0.3, -0.25) is 4.79 Å². The SMILES string of the molecule is CCOC(=O)[C@H]1C2CCC(CC2)[C@@H]1Nc1nc(-c2cn(C3CC3)c3ncc(Cl)nc23)nc(-c2cccs2)c1F. The van der Waals surface area contributed by atoms with Crippen molar-refractivity contribution in [2.45, 2.75) is 57.5 Å². The number of carbonyl (C=O) groups is 1. The van der Waals surface area contributed by atoms with Gasteiger partial charge in [-0.25, -0.2) is 24.3 Å². The van der Waals surface area contributed by atoms with Crippen molar-refractivity contribution in [2.75, 3.05) is 11.9 Å². The average molecular weight is 567 g/mol. The molecule has 0 unspecified atom stereocenters. The van der Waals surface area contributed by atoms with E-state index in [0.717, 1.165) is 38.5 Å². The third-order valence-corrected chi connectivity index (χ3v) is 9.42. The van der Waals surface area contributed by atoms with Gasteiger partial charge in [-0.1, -0.05) is 17.7 Å². The minimum Gasteiger partial charge on any atom is -0.466 e. The number of fused-ring (bicyclic) bond motifs is 4. The number of hydrogen-bond acceptors (Lipinski definition) is 8. The van der Waals surface area contributed by atoms with E-state index in [1.54, 1.807) is 0 Å². The summed E-state index contributed by atoms with van der Waals surface area (Å²) in [6.07, 6.45) is 9.59. The fraction of sp³-hybridized carbons (Fsp3) is 0.464. The van der Waals surface area contributed by atoms with Crippen molar-refractivity contribution in [3.63, 3.8) is 0 Å². The average Bonchev–Trinajstić information content (AvgIpc) is 3.50. The smallest absolute Gasteiger partial charge is 0.311 e. The van der Waals surface area contributed by atoms with Gasteiger partial charge in [-0.15, -0.1) is 11.3 Å². The first-order chi connectivity index (χ1) is 19.0. The van der Waals surface area contributed by atoms with E-state index in [1.807, 2.05) is 30.6 Å². The highest BCUT2D eigenvalue weighted by molar-refractivity contribution is 7.13. The molecule has 0 amide bonds. The van der Waals surface area contributed by atoms with Gasteiger partial charge in [-0.05, 0) is 68.7 Å². The van der Waals surface area contributed by atoms with Crippen LogP contribution in [0.4, 0.5) is 10.2 Å². The van der Waals surface area contributed by atoms with Crippen molar-refractivity contribution in [1.29, 1.82) is 0 Å². The summed E-state index contributed by atoms with van der Waals surface area (Å²) in [5.41, 5.74) is 2.17. The number of nitrogens with one attached hydrogen (secondary N) is 1. The van der Waals surface area contributed by atoms with E-state index in [9.17, 15) is 4.79 Å². The molecule has 0 spiro atoms. The second-order valence-electron chi connectivity index (χ2n) is 10.7. The first kappa shape index (κ1) is 24.9. The molecule has 39 heavy (non-hydrogen) atoms. The first-order valence-electron chi connectivity index (χ1n) is 13.6. The van der Waals surface area contributed by atoms with Crippen LogP contribution in [-0.4, -0.2) is 43.1 Å². The Balaban J connectivity index is 1.36. The summed E-state index contributed by atoms with van der Waals surface area (Å²) in [4.78, 5) is 32.3. The Morgan fingerprint density at radius 1 is 1.18 bits per heavy atom. The normalized spacial score (nSPS) is 24.3. The Labute approximate surface area is 234 Å². The van der Waals surface area contributed by atoms with Crippen LogP contribution in [-0.2, 0) is 9.53 Å². The van der Waals surface area contributed by atoms with E-state index >= 15 is 4.39 Å². The highest BCUT2D eigenvalue weighted by atomic mass is 35.5. The molecule has 4 saturated carbocycles. The number of aromatic nitrogens is 5. The third-order valence-electron chi connectivity index (χ3n) is 8.36. The maximum Gasteiger partial charge on any atom is 0.311 e. The van der Waals surface area contributed by atoms with E-state index in [2.05, 4.69) is 19.9 Å². The molecule has 0 aliphatic heterocycles. The Morgan fingerprint density at radius 3 is 2.69 bits per heavy atom. The number of thiophene rings is 1.